The predicted octanol–water partition coefficient (Wildman–Crippen LogP) is 4.03. The number of anilines is 1. The molecule has 0 fully saturated rings. The minimum atomic E-state index is -3.64. The van der Waals surface area contributed by atoms with Crippen LogP contribution in [0.5, 0.6) is 0 Å². The van der Waals surface area contributed by atoms with E-state index in [-0.39, 0.29) is 10.8 Å². The first-order valence-corrected chi connectivity index (χ1v) is 13.0. The summed E-state index contributed by atoms with van der Waals surface area (Å²) in [6, 6.07) is 12.8. The first kappa shape index (κ1) is 24.9. The number of carbonyl (C=O) groups is 1. The Hall–Kier alpha value is -2.69. The lowest BCUT2D eigenvalue weighted by molar-refractivity contribution is -0.115. The van der Waals surface area contributed by atoms with Crippen LogP contribution in [0.3, 0.4) is 0 Å². The van der Waals surface area contributed by atoms with Crippen LogP contribution in [0.1, 0.15) is 31.9 Å². The molecule has 0 aliphatic heterocycles. The molecule has 10 heteroatoms. The van der Waals surface area contributed by atoms with Gasteiger partial charge >= 0.3 is 0 Å². The number of amides is 1. The van der Waals surface area contributed by atoms with Crippen molar-refractivity contribution in [2.45, 2.75) is 49.9 Å². The second kappa shape index (κ2) is 10.5. The van der Waals surface area contributed by atoms with Crippen LogP contribution in [-0.2, 0) is 14.8 Å². The Morgan fingerprint density at radius 2 is 1.82 bits per heavy atom. The monoisotopic (exact) mass is 487 g/mol. The maximum Gasteiger partial charge on any atom is 0.243 e. The predicted molar refractivity (Wildman–Crippen MR) is 131 cm³/mol. The Balaban J connectivity index is 1.78. The van der Waals surface area contributed by atoms with Gasteiger partial charge in [0.1, 0.15) is 6.33 Å². The van der Waals surface area contributed by atoms with Gasteiger partial charge < -0.3 is 5.32 Å². The summed E-state index contributed by atoms with van der Waals surface area (Å²) in [5.41, 5.74) is 3.08. The fraction of sp³-hybridized carbons (Fsp3) is 0.348. The summed E-state index contributed by atoms with van der Waals surface area (Å²) in [4.78, 5) is 13.1. The third kappa shape index (κ3) is 5.45. The normalized spacial score (nSPS) is 12.7. The summed E-state index contributed by atoms with van der Waals surface area (Å²) in [5, 5.41) is 11.1. The quantitative estimate of drug-likeness (QED) is 0.458. The Morgan fingerprint density at radius 3 is 2.48 bits per heavy atom. The number of sulfonamides is 1. The minimum Gasteiger partial charge on any atom is -0.325 e. The fourth-order valence-corrected chi connectivity index (χ4v) is 5.96. The van der Waals surface area contributed by atoms with Crippen molar-refractivity contribution in [3.8, 4) is 5.69 Å². The van der Waals surface area contributed by atoms with E-state index in [1.54, 1.807) is 46.2 Å². The number of nitrogens with zero attached hydrogens (tertiary/aromatic N) is 4. The fourth-order valence-electron chi connectivity index (χ4n) is 3.42. The van der Waals surface area contributed by atoms with Crippen LogP contribution in [0.2, 0.25) is 0 Å². The zero-order valence-corrected chi connectivity index (χ0v) is 21.1. The highest BCUT2D eigenvalue weighted by molar-refractivity contribution is 8.00. The number of aromatic nitrogens is 3. The van der Waals surface area contributed by atoms with E-state index in [2.05, 4.69) is 15.5 Å². The van der Waals surface area contributed by atoms with Crippen LogP contribution in [0.4, 0.5) is 5.69 Å². The van der Waals surface area contributed by atoms with Gasteiger partial charge in [-0.15, -0.1) is 10.2 Å². The van der Waals surface area contributed by atoms with Crippen molar-refractivity contribution >= 4 is 33.4 Å². The summed E-state index contributed by atoms with van der Waals surface area (Å²) in [6.07, 6.45) is 1.62. The van der Waals surface area contributed by atoms with Crippen molar-refractivity contribution in [2.24, 2.45) is 0 Å². The zero-order valence-electron chi connectivity index (χ0n) is 19.4. The summed E-state index contributed by atoms with van der Waals surface area (Å²) >= 11 is 1.28. The Bertz CT molecular complexity index is 1240. The van der Waals surface area contributed by atoms with Gasteiger partial charge in [0, 0.05) is 18.8 Å². The van der Waals surface area contributed by atoms with Crippen LogP contribution in [-0.4, -0.2) is 51.7 Å². The first-order valence-electron chi connectivity index (χ1n) is 10.7. The molecule has 8 nitrogen and oxygen atoms in total. The SMILES string of the molecule is CCN(CC)S(=O)(=O)c1cc(NC(=O)C(C)Sc2nncn2-c2ccccc2C)ccc1C. The van der Waals surface area contributed by atoms with Gasteiger partial charge in [-0.25, -0.2) is 8.42 Å². The third-order valence-electron chi connectivity index (χ3n) is 5.32. The molecule has 1 amide bonds. The molecular weight excluding hydrogens is 458 g/mol. The Kier molecular flexibility index (Phi) is 7.93. The van der Waals surface area contributed by atoms with E-state index in [1.165, 1.54) is 22.1 Å². The molecule has 1 unspecified atom stereocenters. The molecule has 176 valence electrons. The number of aryl methyl sites for hydroxylation is 2. The summed E-state index contributed by atoms with van der Waals surface area (Å²) in [5.74, 6) is -0.255. The second-order valence-corrected chi connectivity index (χ2v) is 10.8. The molecule has 0 aliphatic carbocycles. The number of carbonyl (C=O) groups excluding carboxylic acids is 1. The van der Waals surface area contributed by atoms with Crippen LogP contribution < -0.4 is 5.32 Å². The van der Waals surface area contributed by atoms with E-state index in [4.69, 9.17) is 0 Å². The van der Waals surface area contributed by atoms with Crippen molar-refractivity contribution in [3.63, 3.8) is 0 Å². The van der Waals surface area contributed by atoms with Gasteiger partial charge in [0.25, 0.3) is 0 Å². The van der Waals surface area contributed by atoms with Gasteiger partial charge in [-0.3, -0.25) is 9.36 Å². The lowest BCUT2D eigenvalue weighted by Gasteiger charge is -2.20. The summed E-state index contributed by atoms with van der Waals surface area (Å²) in [7, 11) is -3.64. The van der Waals surface area contributed by atoms with E-state index in [0.717, 1.165) is 11.3 Å². The molecule has 0 bridgehead atoms. The maximum atomic E-state index is 13.0. The molecule has 3 aromatic rings. The molecular formula is C23H29N5O3S2. The third-order valence-corrected chi connectivity index (χ3v) is 8.57. The largest absolute Gasteiger partial charge is 0.325 e. The standard InChI is InChI=1S/C23H29N5O3S2/c1-6-27(7-2)33(30,31)21-14-19(13-12-17(21)4)25-22(29)18(5)32-23-26-24-15-28(23)20-11-9-8-10-16(20)3/h8-15,18H,6-7H2,1-5H3,(H,25,29). The molecule has 0 aliphatic rings. The van der Waals surface area contributed by atoms with Gasteiger partial charge in [-0.1, -0.05) is 49.9 Å². The van der Waals surface area contributed by atoms with Gasteiger partial charge in [0.05, 0.1) is 15.8 Å². The number of thioether (sulfide) groups is 1. The number of hydrogen-bond acceptors (Lipinski definition) is 6. The highest BCUT2D eigenvalue weighted by Crippen LogP contribution is 2.27. The van der Waals surface area contributed by atoms with Crippen LogP contribution >= 0.6 is 11.8 Å². The molecule has 2 aromatic carbocycles. The van der Waals surface area contributed by atoms with Crippen LogP contribution in [0.15, 0.2) is 58.8 Å². The lowest BCUT2D eigenvalue weighted by atomic mass is 10.2. The molecule has 0 spiro atoms. The molecule has 3 rings (SSSR count). The van der Waals surface area contributed by atoms with E-state index in [0.29, 0.717) is 29.5 Å². The number of benzene rings is 2. The average Bonchev–Trinajstić information content (AvgIpc) is 3.23. The zero-order chi connectivity index (χ0) is 24.2. The van der Waals surface area contributed by atoms with Crippen molar-refractivity contribution < 1.29 is 13.2 Å². The van der Waals surface area contributed by atoms with Gasteiger partial charge in [-0.2, -0.15) is 4.31 Å². The Morgan fingerprint density at radius 1 is 1.12 bits per heavy atom. The van der Waals surface area contributed by atoms with Crippen molar-refractivity contribution in [1.29, 1.82) is 0 Å². The van der Waals surface area contributed by atoms with E-state index >= 15 is 0 Å². The molecule has 1 heterocycles. The molecule has 0 radical (unpaired) electrons. The molecule has 1 aromatic heterocycles. The average molecular weight is 488 g/mol. The van der Waals surface area contributed by atoms with E-state index in [1.807, 2.05) is 35.8 Å². The van der Waals surface area contributed by atoms with Gasteiger partial charge in [0.2, 0.25) is 15.9 Å². The topological polar surface area (TPSA) is 97.2 Å². The van der Waals surface area contributed by atoms with Crippen molar-refractivity contribution in [2.75, 3.05) is 18.4 Å². The number of para-hydroxylation sites is 1. The van der Waals surface area contributed by atoms with Crippen LogP contribution in [0, 0.1) is 13.8 Å². The highest BCUT2D eigenvalue weighted by atomic mass is 32.2. The molecule has 1 N–H and O–H groups in total. The van der Waals surface area contributed by atoms with Gasteiger partial charge in [-0.05, 0) is 50.1 Å². The molecule has 1 atom stereocenters. The first-order chi connectivity index (χ1) is 15.7. The van der Waals surface area contributed by atoms with Gasteiger partial charge in [0.15, 0.2) is 5.16 Å². The number of hydrogen-bond donors (Lipinski definition) is 1. The Labute approximate surface area is 199 Å². The molecule has 0 saturated heterocycles. The summed E-state index contributed by atoms with van der Waals surface area (Å²) < 4.78 is 29.2. The minimum absolute atomic E-state index is 0.198. The van der Waals surface area contributed by atoms with Crippen LogP contribution in [0.25, 0.3) is 5.69 Å². The second-order valence-electron chi connectivity index (χ2n) is 7.59. The molecule has 0 saturated carbocycles. The summed E-state index contributed by atoms with van der Waals surface area (Å²) in [6.45, 7) is 9.89. The van der Waals surface area contributed by atoms with E-state index < -0.39 is 15.3 Å². The number of rotatable bonds is 9. The van der Waals surface area contributed by atoms with Crippen molar-refractivity contribution in [1.82, 2.24) is 19.1 Å². The van der Waals surface area contributed by atoms with Crippen molar-refractivity contribution in [3.05, 3.63) is 59.9 Å². The maximum absolute atomic E-state index is 13.0. The smallest absolute Gasteiger partial charge is 0.243 e. The molecule has 33 heavy (non-hydrogen) atoms. The number of nitrogens with one attached hydrogen (secondary N) is 1. The highest BCUT2D eigenvalue weighted by Gasteiger charge is 2.25. The van der Waals surface area contributed by atoms with E-state index in [9.17, 15) is 13.2 Å². The lowest BCUT2D eigenvalue weighted by Crippen LogP contribution is -2.31.